The molecule has 6 nitrogen and oxygen atoms in total. The summed E-state index contributed by atoms with van der Waals surface area (Å²) in [6.07, 6.45) is 0. The second-order valence-corrected chi connectivity index (χ2v) is 4.05. The molecular weight excluding hydrogens is 234 g/mol. The standard InChI is InChI=1S/C12H15N3O3/c1-18-7-8(13)12(17)15-6-11(16)14-9-4-2-3-5-10(9)15/h2-5,8H,6-7,13H2,1H3,(H,14,16). The molecule has 1 aromatic carbocycles. The molecule has 0 saturated heterocycles. The second kappa shape index (κ2) is 5.16. The first-order valence-corrected chi connectivity index (χ1v) is 5.58. The quantitative estimate of drug-likeness (QED) is 0.786. The van der Waals surface area contributed by atoms with E-state index in [1.165, 1.54) is 12.0 Å². The molecule has 0 radical (unpaired) electrons. The average Bonchev–Trinajstić information content (AvgIpc) is 2.37. The summed E-state index contributed by atoms with van der Waals surface area (Å²) in [4.78, 5) is 25.1. The molecule has 0 aromatic heterocycles. The number of nitrogens with zero attached hydrogens (tertiary/aromatic N) is 1. The van der Waals surface area contributed by atoms with Crippen molar-refractivity contribution in [3.63, 3.8) is 0 Å². The van der Waals surface area contributed by atoms with Crippen LogP contribution >= 0.6 is 0 Å². The number of nitrogens with one attached hydrogen (secondary N) is 1. The number of ether oxygens (including phenoxy) is 1. The van der Waals surface area contributed by atoms with Crippen molar-refractivity contribution in [2.75, 3.05) is 30.5 Å². The van der Waals surface area contributed by atoms with Gasteiger partial charge in [-0.3, -0.25) is 14.5 Å². The molecule has 6 heteroatoms. The maximum absolute atomic E-state index is 12.1. The van der Waals surface area contributed by atoms with Gasteiger partial charge in [0, 0.05) is 7.11 Å². The summed E-state index contributed by atoms with van der Waals surface area (Å²) in [7, 11) is 1.48. The topological polar surface area (TPSA) is 84.7 Å². The summed E-state index contributed by atoms with van der Waals surface area (Å²) >= 11 is 0. The lowest BCUT2D eigenvalue weighted by Crippen LogP contribution is -2.50. The number of amides is 2. The highest BCUT2D eigenvalue weighted by molar-refractivity contribution is 6.11. The van der Waals surface area contributed by atoms with Gasteiger partial charge in [-0.1, -0.05) is 12.1 Å². The minimum atomic E-state index is -0.769. The summed E-state index contributed by atoms with van der Waals surface area (Å²) in [6, 6.07) is 6.34. The molecule has 1 aliphatic heterocycles. The SMILES string of the molecule is COCC(N)C(=O)N1CC(=O)Nc2ccccc21. The molecule has 1 atom stereocenters. The van der Waals surface area contributed by atoms with Gasteiger partial charge in [-0.2, -0.15) is 0 Å². The van der Waals surface area contributed by atoms with Gasteiger partial charge in [0.1, 0.15) is 12.6 Å². The van der Waals surface area contributed by atoms with Gasteiger partial charge in [-0.25, -0.2) is 0 Å². The van der Waals surface area contributed by atoms with Gasteiger partial charge in [-0.05, 0) is 12.1 Å². The predicted molar refractivity (Wildman–Crippen MR) is 67.3 cm³/mol. The number of carbonyl (C=O) groups excluding carboxylic acids is 2. The number of rotatable bonds is 3. The molecule has 3 N–H and O–H groups in total. The van der Waals surface area contributed by atoms with E-state index in [2.05, 4.69) is 5.32 Å². The highest BCUT2D eigenvalue weighted by Gasteiger charge is 2.29. The van der Waals surface area contributed by atoms with Gasteiger partial charge in [0.05, 0.1) is 18.0 Å². The molecule has 1 unspecified atom stereocenters. The van der Waals surface area contributed by atoms with Crippen LogP contribution in [0.4, 0.5) is 11.4 Å². The van der Waals surface area contributed by atoms with Gasteiger partial charge in [0.25, 0.3) is 0 Å². The molecule has 1 aliphatic rings. The minimum absolute atomic E-state index is 0.0206. The van der Waals surface area contributed by atoms with E-state index in [4.69, 9.17) is 10.5 Å². The molecule has 0 aliphatic carbocycles. The zero-order chi connectivity index (χ0) is 13.1. The van der Waals surface area contributed by atoms with Crippen LogP contribution in [0.25, 0.3) is 0 Å². The van der Waals surface area contributed by atoms with Gasteiger partial charge < -0.3 is 15.8 Å². The highest BCUT2D eigenvalue weighted by Crippen LogP contribution is 2.29. The van der Waals surface area contributed by atoms with Crippen molar-refractivity contribution in [3.05, 3.63) is 24.3 Å². The number of hydrogen-bond donors (Lipinski definition) is 2. The van der Waals surface area contributed by atoms with Gasteiger partial charge >= 0.3 is 0 Å². The van der Waals surface area contributed by atoms with Gasteiger partial charge in [0.15, 0.2) is 0 Å². The van der Waals surface area contributed by atoms with Crippen LogP contribution in [-0.4, -0.2) is 38.1 Å². The van der Waals surface area contributed by atoms with Crippen molar-refractivity contribution in [3.8, 4) is 0 Å². The Kier molecular flexibility index (Phi) is 3.59. The minimum Gasteiger partial charge on any atom is -0.383 e. The van der Waals surface area contributed by atoms with Crippen LogP contribution in [0.15, 0.2) is 24.3 Å². The molecule has 0 spiro atoms. The van der Waals surface area contributed by atoms with Crippen LogP contribution < -0.4 is 16.0 Å². The summed E-state index contributed by atoms with van der Waals surface area (Å²) in [5, 5.41) is 2.71. The van der Waals surface area contributed by atoms with E-state index >= 15 is 0 Å². The van der Waals surface area contributed by atoms with Crippen molar-refractivity contribution in [1.82, 2.24) is 0 Å². The first-order chi connectivity index (χ1) is 8.63. The van der Waals surface area contributed by atoms with Crippen LogP contribution in [0.1, 0.15) is 0 Å². The van der Waals surface area contributed by atoms with Crippen LogP contribution in [0.2, 0.25) is 0 Å². The van der Waals surface area contributed by atoms with E-state index in [1.54, 1.807) is 24.3 Å². The number of carbonyl (C=O) groups is 2. The Morgan fingerprint density at radius 3 is 3.00 bits per heavy atom. The van der Waals surface area contributed by atoms with Gasteiger partial charge in [0.2, 0.25) is 11.8 Å². The molecule has 1 heterocycles. The number of anilines is 2. The Labute approximate surface area is 105 Å². The number of hydrogen-bond acceptors (Lipinski definition) is 4. The van der Waals surface area contributed by atoms with Crippen molar-refractivity contribution < 1.29 is 14.3 Å². The molecule has 2 amide bonds. The fourth-order valence-electron chi connectivity index (χ4n) is 1.88. The van der Waals surface area contributed by atoms with E-state index in [-0.39, 0.29) is 25.0 Å². The van der Waals surface area contributed by atoms with Crippen LogP contribution in [0, 0.1) is 0 Å². The predicted octanol–water partition coefficient (Wildman–Crippen LogP) is -0.0546. The molecule has 2 rings (SSSR count). The zero-order valence-corrected chi connectivity index (χ0v) is 10.1. The van der Waals surface area contributed by atoms with E-state index in [0.717, 1.165) is 0 Å². The summed E-state index contributed by atoms with van der Waals surface area (Å²) in [6.45, 7) is 0.104. The Morgan fingerprint density at radius 2 is 2.28 bits per heavy atom. The zero-order valence-electron chi connectivity index (χ0n) is 10.1. The Hall–Kier alpha value is -1.92. The second-order valence-electron chi connectivity index (χ2n) is 4.05. The van der Waals surface area contributed by atoms with Gasteiger partial charge in [-0.15, -0.1) is 0 Å². The molecule has 18 heavy (non-hydrogen) atoms. The maximum atomic E-state index is 12.1. The Balaban J connectivity index is 2.28. The van der Waals surface area contributed by atoms with Crippen LogP contribution in [0.5, 0.6) is 0 Å². The lowest BCUT2D eigenvalue weighted by Gasteiger charge is -2.30. The number of benzene rings is 1. The first-order valence-electron chi connectivity index (χ1n) is 5.58. The molecule has 1 aromatic rings. The van der Waals surface area contributed by atoms with Crippen molar-refractivity contribution in [2.24, 2.45) is 5.73 Å². The third-order valence-electron chi connectivity index (χ3n) is 2.70. The number of nitrogens with two attached hydrogens (primary N) is 1. The fourth-order valence-corrected chi connectivity index (χ4v) is 1.88. The largest absolute Gasteiger partial charge is 0.383 e. The van der Waals surface area contributed by atoms with Crippen LogP contribution in [0.3, 0.4) is 0 Å². The summed E-state index contributed by atoms with van der Waals surface area (Å²) in [5.74, 6) is -0.550. The summed E-state index contributed by atoms with van der Waals surface area (Å²) < 4.78 is 4.86. The first kappa shape index (κ1) is 12.5. The van der Waals surface area contributed by atoms with Crippen molar-refractivity contribution in [1.29, 1.82) is 0 Å². The van der Waals surface area contributed by atoms with Crippen LogP contribution in [-0.2, 0) is 14.3 Å². The van der Waals surface area contributed by atoms with E-state index in [9.17, 15) is 9.59 Å². The number of fused-ring (bicyclic) bond motifs is 1. The van der Waals surface area contributed by atoms with Crippen molar-refractivity contribution in [2.45, 2.75) is 6.04 Å². The third kappa shape index (κ3) is 2.34. The van der Waals surface area contributed by atoms with E-state index < -0.39 is 6.04 Å². The lowest BCUT2D eigenvalue weighted by atomic mass is 10.1. The third-order valence-corrected chi connectivity index (χ3v) is 2.70. The number of methoxy groups -OCH3 is 1. The normalized spacial score (nSPS) is 15.9. The molecule has 0 saturated carbocycles. The average molecular weight is 249 g/mol. The summed E-state index contributed by atoms with van der Waals surface area (Å²) in [5.41, 5.74) is 6.99. The lowest BCUT2D eigenvalue weighted by molar-refractivity contribution is -0.123. The number of para-hydroxylation sites is 2. The monoisotopic (exact) mass is 249 g/mol. The molecule has 0 bridgehead atoms. The Morgan fingerprint density at radius 1 is 1.56 bits per heavy atom. The molecule has 0 fully saturated rings. The molecular formula is C12H15N3O3. The van der Waals surface area contributed by atoms with Crippen molar-refractivity contribution >= 4 is 23.2 Å². The fraction of sp³-hybridized carbons (Fsp3) is 0.333. The van der Waals surface area contributed by atoms with E-state index in [1.807, 2.05) is 0 Å². The molecule has 96 valence electrons. The van der Waals surface area contributed by atoms with E-state index in [0.29, 0.717) is 11.4 Å². The maximum Gasteiger partial charge on any atom is 0.246 e. The highest BCUT2D eigenvalue weighted by atomic mass is 16.5. The Bertz CT molecular complexity index is 475. The smallest absolute Gasteiger partial charge is 0.246 e.